The highest BCUT2D eigenvalue weighted by Crippen LogP contribution is 2.34. The molecule has 6 nitrogen and oxygen atoms in total. The number of carbonyl (C=O) groups is 2. The number of carbonyl (C=O) groups excluding carboxylic acids is 2. The van der Waals surface area contributed by atoms with Gasteiger partial charge in [-0.05, 0) is 64.8 Å². The summed E-state index contributed by atoms with van der Waals surface area (Å²) < 4.78 is 10.6. The number of hydrogen-bond donors (Lipinski definition) is 0. The zero-order valence-corrected chi connectivity index (χ0v) is 16.0. The van der Waals surface area contributed by atoms with E-state index in [1.807, 2.05) is 37.8 Å². The Labute approximate surface area is 155 Å². The Hall–Kier alpha value is -2.24. The average Bonchev–Trinajstić information content (AvgIpc) is 2.84. The molecule has 2 unspecified atom stereocenters. The van der Waals surface area contributed by atoms with E-state index >= 15 is 0 Å². The fourth-order valence-corrected chi connectivity index (χ4v) is 3.75. The van der Waals surface area contributed by atoms with Crippen LogP contribution in [0.1, 0.15) is 50.9 Å². The van der Waals surface area contributed by atoms with E-state index in [0.29, 0.717) is 12.2 Å². The van der Waals surface area contributed by atoms with E-state index < -0.39 is 5.60 Å². The Morgan fingerprint density at radius 3 is 2.15 bits per heavy atom. The molecule has 142 valence electrons. The van der Waals surface area contributed by atoms with Crippen molar-refractivity contribution in [3.63, 3.8) is 0 Å². The van der Waals surface area contributed by atoms with Crippen LogP contribution in [-0.2, 0) is 9.47 Å². The van der Waals surface area contributed by atoms with E-state index in [0.717, 1.165) is 31.6 Å². The second kappa shape index (κ2) is 7.17. The molecule has 6 heteroatoms. The van der Waals surface area contributed by atoms with Gasteiger partial charge in [-0.2, -0.15) is 0 Å². The first-order chi connectivity index (χ1) is 12.3. The van der Waals surface area contributed by atoms with Crippen LogP contribution in [0.2, 0.25) is 0 Å². The average molecular weight is 360 g/mol. The molecule has 0 radical (unpaired) electrons. The van der Waals surface area contributed by atoms with Crippen molar-refractivity contribution in [1.29, 1.82) is 0 Å². The fraction of sp³-hybridized carbons (Fsp3) is 0.600. The molecule has 2 bridgehead atoms. The van der Waals surface area contributed by atoms with E-state index in [9.17, 15) is 9.59 Å². The number of nitrogens with zero attached hydrogens (tertiary/aromatic N) is 2. The lowest BCUT2D eigenvalue weighted by molar-refractivity contribution is 0.0123. The molecule has 1 aromatic rings. The largest absolute Gasteiger partial charge is 0.462 e. The maximum Gasteiger partial charge on any atom is 0.410 e. The van der Waals surface area contributed by atoms with Gasteiger partial charge in [-0.3, -0.25) is 4.90 Å². The van der Waals surface area contributed by atoms with Crippen molar-refractivity contribution in [2.75, 3.05) is 24.6 Å². The van der Waals surface area contributed by atoms with Crippen LogP contribution in [0.4, 0.5) is 10.5 Å². The van der Waals surface area contributed by atoms with Crippen LogP contribution in [0, 0.1) is 0 Å². The first kappa shape index (κ1) is 18.5. The molecule has 0 N–H and O–H groups in total. The van der Waals surface area contributed by atoms with Crippen molar-refractivity contribution in [2.24, 2.45) is 0 Å². The molecule has 2 aliphatic rings. The Kier molecular flexibility index (Phi) is 5.12. The third-order valence-corrected chi connectivity index (χ3v) is 4.83. The monoisotopic (exact) mass is 360 g/mol. The molecule has 1 aromatic carbocycles. The number of fused-ring (bicyclic) bond motifs is 2. The van der Waals surface area contributed by atoms with Crippen LogP contribution in [0.3, 0.4) is 0 Å². The van der Waals surface area contributed by atoms with Gasteiger partial charge in [0.1, 0.15) is 5.60 Å². The Bertz CT molecular complexity index is 651. The van der Waals surface area contributed by atoms with Crippen molar-refractivity contribution in [3.8, 4) is 0 Å². The summed E-state index contributed by atoms with van der Waals surface area (Å²) in [6.45, 7) is 9.43. The van der Waals surface area contributed by atoms with Gasteiger partial charge in [0.2, 0.25) is 0 Å². The minimum atomic E-state index is -0.476. The minimum absolute atomic E-state index is 0.174. The molecule has 0 aromatic heterocycles. The fourth-order valence-electron chi connectivity index (χ4n) is 3.75. The van der Waals surface area contributed by atoms with E-state index in [4.69, 9.17) is 9.47 Å². The molecule has 2 fully saturated rings. The summed E-state index contributed by atoms with van der Waals surface area (Å²) in [6.07, 6.45) is 1.80. The zero-order valence-electron chi connectivity index (χ0n) is 16.0. The van der Waals surface area contributed by atoms with Crippen LogP contribution in [0.15, 0.2) is 24.3 Å². The summed E-state index contributed by atoms with van der Waals surface area (Å²) in [6, 6.07) is 7.86. The van der Waals surface area contributed by atoms with Gasteiger partial charge >= 0.3 is 12.1 Å². The summed E-state index contributed by atoms with van der Waals surface area (Å²) in [5.74, 6) is -0.297. The van der Waals surface area contributed by atoms with E-state index in [2.05, 4.69) is 4.90 Å². The van der Waals surface area contributed by atoms with Crippen LogP contribution in [0.5, 0.6) is 0 Å². The van der Waals surface area contributed by atoms with Crippen molar-refractivity contribution in [1.82, 2.24) is 4.90 Å². The number of rotatable bonds is 3. The molecule has 2 atom stereocenters. The standard InChI is InChI=1S/C20H28N2O4/c1-5-25-18(23)14-6-8-15(9-7-14)21-12-16-10-11-17(13-21)22(16)19(24)26-20(2,3)4/h6-9,16-17H,5,10-13H2,1-4H3. The maximum absolute atomic E-state index is 12.5. The summed E-state index contributed by atoms with van der Waals surface area (Å²) in [5, 5.41) is 0. The van der Waals surface area contributed by atoms with Gasteiger partial charge < -0.3 is 14.4 Å². The number of piperazine rings is 1. The lowest BCUT2D eigenvalue weighted by Crippen LogP contribution is -2.56. The SMILES string of the molecule is CCOC(=O)c1ccc(N2CC3CCC(C2)N3C(=O)OC(C)(C)C)cc1. The molecule has 1 amide bonds. The number of hydrogen-bond acceptors (Lipinski definition) is 5. The molecule has 2 saturated heterocycles. The third-order valence-electron chi connectivity index (χ3n) is 4.83. The zero-order chi connectivity index (χ0) is 18.9. The molecule has 0 aliphatic carbocycles. The molecule has 0 spiro atoms. The highest BCUT2D eigenvalue weighted by atomic mass is 16.6. The van der Waals surface area contributed by atoms with Gasteiger partial charge in [0.25, 0.3) is 0 Å². The normalized spacial score (nSPS) is 22.3. The predicted molar refractivity (Wildman–Crippen MR) is 99.5 cm³/mol. The third kappa shape index (κ3) is 3.94. The second-order valence-electron chi connectivity index (χ2n) is 7.94. The Morgan fingerprint density at radius 2 is 1.65 bits per heavy atom. The van der Waals surface area contributed by atoms with Crippen molar-refractivity contribution >= 4 is 17.7 Å². The quantitative estimate of drug-likeness (QED) is 0.773. The highest BCUT2D eigenvalue weighted by Gasteiger charge is 2.44. The van der Waals surface area contributed by atoms with E-state index in [-0.39, 0.29) is 24.1 Å². The molecule has 26 heavy (non-hydrogen) atoms. The van der Waals surface area contributed by atoms with Crippen LogP contribution >= 0.6 is 0 Å². The Morgan fingerprint density at radius 1 is 1.08 bits per heavy atom. The summed E-state index contributed by atoms with van der Waals surface area (Å²) in [4.78, 5) is 28.5. The van der Waals surface area contributed by atoms with Crippen molar-refractivity contribution < 1.29 is 19.1 Å². The molecular weight excluding hydrogens is 332 g/mol. The topological polar surface area (TPSA) is 59.1 Å². The lowest BCUT2D eigenvalue weighted by Gasteiger charge is -2.42. The van der Waals surface area contributed by atoms with E-state index in [1.54, 1.807) is 19.1 Å². The van der Waals surface area contributed by atoms with Gasteiger partial charge in [0.05, 0.1) is 24.3 Å². The van der Waals surface area contributed by atoms with Gasteiger partial charge in [-0.1, -0.05) is 0 Å². The lowest BCUT2D eigenvalue weighted by atomic mass is 10.1. The van der Waals surface area contributed by atoms with Crippen molar-refractivity contribution in [3.05, 3.63) is 29.8 Å². The first-order valence-electron chi connectivity index (χ1n) is 9.32. The summed E-state index contributed by atoms with van der Waals surface area (Å²) >= 11 is 0. The number of amides is 1. The van der Waals surface area contributed by atoms with Crippen molar-refractivity contribution in [2.45, 2.75) is 58.2 Å². The number of benzene rings is 1. The number of ether oxygens (including phenoxy) is 2. The minimum Gasteiger partial charge on any atom is -0.462 e. The molecule has 0 saturated carbocycles. The summed E-state index contributed by atoms with van der Waals surface area (Å²) in [7, 11) is 0. The van der Waals surface area contributed by atoms with Crippen LogP contribution in [0.25, 0.3) is 0 Å². The molecule has 2 heterocycles. The Balaban J connectivity index is 1.67. The molecule has 2 aliphatic heterocycles. The van der Waals surface area contributed by atoms with Gasteiger partial charge in [-0.25, -0.2) is 9.59 Å². The molecule has 3 rings (SSSR count). The van der Waals surface area contributed by atoms with Gasteiger partial charge in [-0.15, -0.1) is 0 Å². The first-order valence-corrected chi connectivity index (χ1v) is 9.32. The smallest absolute Gasteiger partial charge is 0.410 e. The highest BCUT2D eigenvalue weighted by molar-refractivity contribution is 5.89. The van der Waals surface area contributed by atoms with Crippen LogP contribution < -0.4 is 4.90 Å². The number of anilines is 1. The number of esters is 1. The molecular formula is C20H28N2O4. The predicted octanol–water partition coefficient (Wildman–Crippen LogP) is 3.45. The van der Waals surface area contributed by atoms with Gasteiger partial charge in [0, 0.05) is 18.8 Å². The second-order valence-corrected chi connectivity index (χ2v) is 7.94. The van der Waals surface area contributed by atoms with E-state index in [1.165, 1.54) is 0 Å². The van der Waals surface area contributed by atoms with Gasteiger partial charge in [0.15, 0.2) is 0 Å². The maximum atomic E-state index is 12.5. The summed E-state index contributed by atoms with van der Waals surface area (Å²) in [5.41, 5.74) is 1.15. The van der Waals surface area contributed by atoms with Crippen LogP contribution in [-0.4, -0.2) is 54.3 Å².